The Hall–Kier alpha value is -2.08. The summed E-state index contributed by atoms with van der Waals surface area (Å²) in [6, 6.07) is 6.04. The summed E-state index contributed by atoms with van der Waals surface area (Å²) in [6.45, 7) is 1.58. The van der Waals surface area contributed by atoms with Gasteiger partial charge in [-0.05, 0) is 24.6 Å². The van der Waals surface area contributed by atoms with Gasteiger partial charge < -0.3 is 10.6 Å². The Kier molecular flexibility index (Phi) is 4.24. The molecule has 3 N–H and O–H groups in total. The van der Waals surface area contributed by atoms with Crippen molar-refractivity contribution in [2.24, 2.45) is 0 Å². The van der Waals surface area contributed by atoms with Gasteiger partial charge in [0.2, 0.25) is 11.8 Å². The number of rotatable bonds is 3. The zero-order valence-corrected chi connectivity index (χ0v) is 11.5. The van der Waals surface area contributed by atoms with E-state index >= 15 is 0 Å². The number of amides is 4. The molecule has 1 heterocycles. The fraction of sp³-hybridized carbons (Fsp3) is 0.308. The van der Waals surface area contributed by atoms with Crippen LogP contribution in [0.25, 0.3) is 0 Å². The van der Waals surface area contributed by atoms with E-state index in [1.807, 2.05) is 0 Å². The average Bonchev–Trinajstić information content (AvgIpc) is 2.38. The number of halogens is 1. The van der Waals surface area contributed by atoms with Gasteiger partial charge in [-0.15, -0.1) is 11.6 Å². The summed E-state index contributed by atoms with van der Waals surface area (Å²) in [5.41, 5.74) is 1.41. The lowest BCUT2D eigenvalue weighted by Gasteiger charge is -2.23. The molecule has 0 bridgehead atoms. The highest BCUT2D eigenvalue weighted by molar-refractivity contribution is 6.32. The van der Waals surface area contributed by atoms with Crippen molar-refractivity contribution in [1.82, 2.24) is 10.6 Å². The maximum atomic E-state index is 11.4. The van der Waals surface area contributed by atoms with Crippen LogP contribution in [0.3, 0.4) is 0 Å². The van der Waals surface area contributed by atoms with E-state index < -0.39 is 11.4 Å². The minimum atomic E-state index is -0.615. The van der Waals surface area contributed by atoms with E-state index in [4.69, 9.17) is 11.6 Å². The minimum Gasteiger partial charge on any atom is -0.330 e. The van der Waals surface area contributed by atoms with E-state index in [0.29, 0.717) is 5.69 Å². The molecule has 1 aliphatic heterocycles. The number of carbonyl (C=O) groups excluding carboxylic acids is 3. The maximum Gasteiger partial charge on any atom is 0.321 e. The zero-order chi connectivity index (χ0) is 14.7. The number of carbonyl (C=O) groups is 3. The standard InChI is InChI=1S/C13H14ClN3O3/c1-7(14)12(19)15-9-4-2-8(3-5-9)10-6-11(18)17-13(20)16-10/h2-5,7,10H,6H2,1H3,(H,15,19)(H2,16,17,18,20). The first kappa shape index (κ1) is 14.3. The number of benzene rings is 1. The van der Waals surface area contributed by atoms with Gasteiger partial charge in [0.15, 0.2) is 0 Å². The highest BCUT2D eigenvalue weighted by Gasteiger charge is 2.24. The highest BCUT2D eigenvalue weighted by Crippen LogP contribution is 2.21. The normalized spacial score (nSPS) is 19.8. The third kappa shape index (κ3) is 3.48. The van der Waals surface area contributed by atoms with Crippen molar-refractivity contribution < 1.29 is 14.4 Å². The van der Waals surface area contributed by atoms with Crippen LogP contribution in [0.4, 0.5) is 10.5 Å². The molecule has 1 saturated heterocycles. The van der Waals surface area contributed by atoms with E-state index in [1.165, 1.54) is 0 Å². The van der Waals surface area contributed by atoms with E-state index in [9.17, 15) is 14.4 Å². The molecule has 6 nitrogen and oxygen atoms in total. The van der Waals surface area contributed by atoms with Crippen molar-refractivity contribution in [3.05, 3.63) is 29.8 Å². The molecular formula is C13H14ClN3O3. The molecule has 2 unspecified atom stereocenters. The van der Waals surface area contributed by atoms with Crippen molar-refractivity contribution in [3.63, 3.8) is 0 Å². The van der Waals surface area contributed by atoms with Crippen molar-refractivity contribution >= 4 is 35.1 Å². The van der Waals surface area contributed by atoms with Gasteiger partial charge >= 0.3 is 6.03 Å². The van der Waals surface area contributed by atoms with Crippen LogP contribution in [0, 0.1) is 0 Å². The van der Waals surface area contributed by atoms with Crippen LogP contribution in [0.1, 0.15) is 24.9 Å². The van der Waals surface area contributed by atoms with Gasteiger partial charge in [0, 0.05) is 5.69 Å². The largest absolute Gasteiger partial charge is 0.330 e. The maximum absolute atomic E-state index is 11.4. The van der Waals surface area contributed by atoms with E-state index in [0.717, 1.165) is 5.56 Å². The van der Waals surface area contributed by atoms with Crippen LogP contribution in [0.5, 0.6) is 0 Å². The van der Waals surface area contributed by atoms with Crippen LogP contribution in [-0.4, -0.2) is 23.2 Å². The molecule has 1 aromatic carbocycles. The molecule has 1 fully saturated rings. The van der Waals surface area contributed by atoms with Gasteiger partial charge in [-0.25, -0.2) is 4.79 Å². The lowest BCUT2D eigenvalue weighted by molar-refractivity contribution is -0.121. The molecule has 0 radical (unpaired) electrons. The number of anilines is 1. The molecular weight excluding hydrogens is 282 g/mol. The lowest BCUT2D eigenvalue weighted by atomic mass is 10.0. The van der Waals surface area contributed by atoms with Gasteiger partial charge in [-0.1, -0.05) is 12.1 Å². The number of hydrogen-bond donors (Lipinski definition) is 3. The van der Waals surface area contributed by atoms with Crippen molar-refractivity contribution in [3.8, 4) is 0 Å². The Bertz CT molecular complexity index is 526. The second-order valence-electron chi connectivity index (χ2n) is 4.51. The summed E-state index contributed by atoms with van der Waals surface area (Å²) < 4.78 is 0. The summed E-state index contributed by atoms with van der Waals surface area (Å²) in [6.07, 6.45) is 0.191. The SMILES string of the molecule is CC(Cl)C(=O)Nc1ccc(C2CC(=O)NC(=O)N2)cc1. The van der Waals surface area contributed by atoms with Crippen LogP contribution in [0.2, 0.25) is 0 Å². The van der Waals surface area contributed by atoms with Gasteiger partial charge in [-0.3, -0.25) is 14.9 Å². The van der Waals surface area contributed by atoms with Crippen LogP contribution in [0.15, 0.2) is 24.3 Å². The molecule has 106 valence electrons. The summed E-state index contributed by atoms with van der Waals surface area (Å²) >= 11 is 5.66. The number of hydrogen-bond acceptors (Lipinski definition) is 3. The highest BCUT2D eigenvalue weighted by atomic mass is 35.5. The van der Waals surface area contributed by atoms with Crippen LogP contribution >= 0.6 is 11.6 Å². The first-order valence-corrected chi connectivity index (χ1v) is 6.54. The quantitative estimate of drug-likeness (QED) is 0.739. The summed E-state index contributed by atoms with van der Waals surface area (Å²) in [5.74, 6) is -0.600. The Balaban J connectivity index is 2.06. The zero-order valence-electron chi connectivity index (χ0n) is 10.8. The molecule has 1 aliphatic rings. The Labute approximate surface area is 120 Å². The van der Waals surface area contributed by atoms with Gasteiger partial charge in [0.25, 0.3) is 0 Å². The fourth-order valence-electron chi connectivity index (χ4n) is 1.85. The monoisotopic (exact) mass is 295 g/mol. The predicted octanol–water partition coefficient (Wildman–Crippen LogP) is 1.52. The summed E-state index contributed by atoms with van der Waals surface area (Å²) in [7, 11) is 0. The Morgan fingerprint density at radius 2 is 2.00 bits per heavy atom. The molecule has 0 spiro atoms. The number of imide groups is 1. The fourth-order valence-corrected chi connectivity index (χ4v) is 1.90. The average molecular weight is 296 g/mol. The second kappa shape index (κ2) is 5.92. The van der Waals surface area contributed by atoms with Crippen molar-refractivity contribution in [1.29, 1.82) is 0 Å². The van der Waals surface area contributed by atoms with Gasteiger partial charge in [0.1, 0.15) is 5.38 Å². The van der Waals surface area contributed by atoms with E-state index in [-0.39, 0.29) is 24.3 Å². The smallest absolute Gasteiger partial charge is 0.321 e. The Morgan fingerprint density at radius 3 is 2.55 bits per heavy atom. The third-order valence-corrected chi connectivity index (χ3v) is 3.09. The summed E-state index contributed by atoms with van der Waals surface area (Å²) in [5, 5.41) is 6.87. The predicted molar refractivity (Wildman–Crippen MR) is 74.4 cm³/mol. The summed E-state index contributed by atoms with van der Waals surface area (Å²) in [4.78, 5) is 34.0. The first-order valence-electron chi connectivity index (χ1n) is 6.11. The van der Waals surface area contributed by atoms with Crippen molar-refractivity contribution in [2.75, 3.05) is 5.32 Å². The third-order valence-electron chi connectivity index (χ3n) is 2.89. The molecule has 4 amide bonds. The number of nitrogens with one attached hydrogen (secondary N) is 3. The Morgan fingerprint density at radius 1 is 1.35 bits per heavy atom. The first-order chi connectivity index (χ1) is 9.45. The molecule has 0 aromatic heterocycles. The molecule has 20 heavy (non-hydrogen) atoms. The number of urea groups is 1. The molecule has 7 heteroatoms. The minimum absolute atomic E-state index is 0.191. The molecule has 0 saturated carbocycles. The number of alkyl halides is 1. The lowest BCUT2D eigenvalue weighted by Crippen LogP contribution is -2.48. The molecule has 2 rings (SSSR count). The van der Waals surface area contributed by atoms with Gasteiger partial charge in [-0.2, -0.15) is 0 Å². The van der Waals surface area contributed by atoms with E-state index in [1.54, 1.807) is 31.2 Å². The van der Waals surface area contributed by atoms with Crippen LogP contribution < -0.4 is 16.0 Å². The topological polar surface area (TPSA) is 87.3 Å². The second-order valence-corrected chi connectivity index (χ2v) is 5.16. The molecule has 2 atom stereocenters. The molecule has 0 aliphatic carbocycles. The van der Waals surface area contributed by atoms with Crippen molar-refractivity contribution in [2.45, 2.75) is 24.8 Å². The van der Waals surface area contributed by atoms with Gasteiger partial charge in [0.05, 0.1) is 12.5 Å². The molecule has 1 aromatic rings. The van der Waals surface area contributed by atoms with E-state index in [2.05, 4.69) is 16.0 Å². The van der Waals surface area contributed by atoms with Crippen LogP contribution in [-0.2, 0) is 9.59 Å².